The Bertz CT molecular complexity index is 7670. The number of aliphatic hydroxyl groups is 1. The Balaban J connectivity index is 0.000000114. The molecule has 0 amide bonds. The molecule has 742 valence electrons. The zero-order valence-corrected chi connectivity index (χ0v) is 83.1. The number of aromatic nitrogens is 15. The van der Waals surface area contributed by atoms with Crippen LogP contribution in [0.3, 0.4) is 0 Å². The molecule has 8 aliphatic rings. The first-order valence-electron chi connectivity index (χ1n) is 49.9. The molecule has 0 unspecified atom stereocenters. The van der Waals surface area contributed by atoms with Gasteiger partial charge in [0.05, 0.1) is 118 Å². The maximum absolute atomic E-state index is 13.7. The van der Waals surface area contributed by atoms with E-state index < -0.39 is 5.60 Å². The lowest BCUT2D eigenvalue weighted by atomic mass is 9.85. The first-order valence-corrected chi connectivity index (χ1v) is 49.9. The number of carbonyl (C=O) groups is 4. The molecule has 32 nitrogen and oxygen atoms in total. The fourth-order valence-electron chi connectivity index (χ4n) is 22.0. The lowest BCUT2D eigenvalue weighted by molar-refractivity contribution is -0.0688. The Hall–Kier alpha value is -14.5. The summed E-state index contributed by atoms with van der Waals surface area (Å²) in [4.78, 5) is 110. The number of ether oxygens (including phenoxy) is 4. The fourth-order valence-corrected chi connectivity index (χ4v) is 22.0. The van der Waals surface area contributed by atoms with Gasteiger partial charge < -0.3 is 74.5 Å². The van der Waals surface area contributed by atoms with Crippen LogP contribution in [0.2, 0.25) is 0 Å². The highest BCUT2D eigenvalue weighted by Gasteiger charge is 2.38. The van der Waals surface area contributed by atoms with Crippen molar-refractivity contribution >= 4 is 103 Å². The molecule has 24 rings (SSSR count). The van der Waals surface area contributed by atoms with E-state index >= 15 is 0 Å². The Morgan fingerprint density at radius 2 is 0.834 bits per heavy atom. The zero-order chi connectivity index (χ0) is 99.8. The zero-order valence-electron chi connectivity index (χ0n) is 83.1. The molecule has 16 aromatic rings. The predicted molar refractivity (Wildman–Crippen MR) is 556 cm³/mol. The molecule has 6 N–H and O–H groups in total. The van der Waals surface area contributed by atoms with Crippen molar-refractivity contribution in [2.45, 2.75) is 139 Å². The number of nitrogens with zero attached hydrogens (tertiary/aromatic N) is 18. The van der Waals surface area contributed by atoms with Crippen LogP contribution in [0.4, 0.5) is 50.4 Å². The van der Waals surface area contributed by atoms with Gasteiger partial charge in [-0.2, -0.15) is 0 Å². The molecule has 4 fully saturated rings. The number of hydrogen-bond acceptors (Lipinski definition) is 28. The molecule has 14 aromatic heterocycles. The number of nitrogens with one attached hydrogen (secondary N) is 5. The number of imidazole rings is 2. The van der Waals surface area contributed by atoms with Crippen molar-refractivity contribution < 1.29 is 47.6 Å². The number of carbonyl (C=O) groups excluding carboxylic acids is 4. The van der Waals surface area contributed by atoms with E-state index in [1.807, 2.05) is 164 Å². The number of aryl methyl sites for hydroxylation is 2. The van der Waals surface area contributed by atoms with Crippen LogP contribution in [0, 0.1) is 5.82 Å². The van der Waals surface area contributed by atoms with Gasteiger partial charge in [-0.05, 0) is 212 Å². The Kier molecular flexibility index (Phi) is 27.8. The Labute approximate surface area is 839 Å². The van der Waals surface area contributed by atoms with Gasteiger partial charge in [-0.15, -0.1) is 0 Å². The molecule has 0 spiro atoms. The SMILES string of the molecule is CN(C)Cc1nc(Nc2ccc(-c3cnc4cc(F)ccn34)c3c2C(=O)CC3)ccc1C1(O)CCOCC1.CN(C)Cc1nc(Nc2ccc(-c3cnc4cnccn34)c3c2C(=O)CC3)ccc1C1CCOCC1.CN(C)Cc1nc(Nc2cnc(-c3ccnc4c3ccn4C)c3c2C(=O)CC3)ccc1[C@@H]1CCOC1.CNCc1nc(Nc2cnc(-c3ccnc4c3ccn4C)c3c2C(=O)CC3)ccc1[C@H]1CCOC1. The van der Waals surface area contributed by atoms with E-state index in [9.17, 15) is 28.7 Å². The van der Waals surface area contributed by atoms with E-state index in [1.165, 1.54) is 28.8 Å². The minimum atomic E-state index is -0.967. The van der Waals surface area contributed by atoms with Crippen LogP contribution in [0.25, 0.3) is 78.4 Å². The summed E-state index contributed by atoms with van der Waals surface area (Å²) in [7, 11) is 18.1. The van der Waals surface area contributed by atoms with Crippen molar-refractivity contribution in [3.05, 3.63) is 279 Å². The topological polar surface area (TPSA) is 356 Å². The maximum atomic E-state index is 13.7. The van der Waals surface area contributed by atoms with Gasteiger partial charge in [0, 0.05) is 241 Å². The van der Waals surface area contributed by atoms with Crippen molar-refractivity contribution in [3.63, 3.8) is 0 Å². The second-order valence-corrected chi connectivity index (χ2v) is 39.5. The number of benzene rings is 2. The number of anilines is 8. The summed E-state index contributed by atoms with van der Waals surface area (Å²) in [6.45, 7) is 8.45. The van der Waals surface area contributed by atoms with Crippen LogP contribution >= 0.6 is 0 Å². The smallest absolute Gasteiger partial charge is 0.165 e. The van der Waals surface area contributed by atoms with E-state index in [4.69, 9.17) is 48.9 Å². The minimum Gasteiger partial charge on any atom is -0.385 e. The number of fused-ring (bicyclic) bond motifs is 8. The number of pyridine rings is 9. The summed E-state index contributed by atoms with van der Waals surface area (Å²) in [6.07, 6.45) is 31.6. The lowest BCUT2D eigenvalue weighted by Gasteiger charge is -2.34. The van der Waals surface area contributed by atoms with Gasteiger partial charge in [0.15, 0.2) is 28.8 Å². The van der Waals surface area contributed by atoms with Gasteiger partial charge in [0.1, 0.15) is 46.0 Å². The molecular weight excluding hydrogens is 1830 g/mol. The standard InChI is InChI=1S/C29H30FN5O3.2C28H30N6O2.C27H28N6O2/c1-34(2)17-23-21(29(37)10-13-38-14-11-29)5-8-26(33-23)32-22-6-3-19(20-4-7-25(36)28(20)22)24-16-31-27-15-18(30)9-12-35(24)27;1-33(2)15-23-18(17-10-13-36-16-17)5-7-25(32-23)31-22-14-30-27(21-4-6-24(35)26(21)22)19-8-11-29-28-20(19)9-12-34(28)3;1-33(2)17-23-19(18-9-13-36-14-10-18)5-8-26(32-23)31-22-6-3-20(21-4-7-25(35)28(21)22)24-15-30-27-16-29-11-12-34(24)27;1-28-13-21-17(16-9-12-35-15-16)4-6-24(31-21)32-22-14-30-26(20-3-5-23(34)25(20)22)18-7-10-29-27-19(18)8-11-33(27)2/h3,5-6,8-9,12,15-16,37H,4,7,10-11,13-14,17H2,1-2H3,(H,32,33);5,7-9,11-12,14,17H,4,6,10,13,15-16H2,1-3H3,(H,31,32);3,5-6,8,11-12,15-16,18H,4,7,9-10,13-14,17H2,1-2H3,(H,31,32);4,6-8,10-11,14,16,28H,3,5,9,12-13,15H2,1-2H3,(H,31,32)/t;17-;;16-/m.1.0/s1. The summed E-state index contributed by atoms with van der Waals surface area (Å²) in [5.41, 5.74) is 27.9. The van der Waals surface area contributed by atoms with Crippen molar-refractivity contribution in [1.82, 2.24) is 92.8 Å². The quantitative estimate of drug-likeness (QED) is 0.0327. The summed E-state index contributed by atoms with van der Waals surface area (Å²) in [5, 5.41) is 30.3. The number of rotatable bonds is 24. The summed E-state index contributed by atoms with van der Waals surface area (Å²) >= 11 is 0. The predicted octanol–water partition coefficient (Wildman–Crippen LogP) is 17.7. The number of ketones is 4. The van der Waals surface area contributed by atoms with Crippen LogP contribution in [-0.4, -0.2) is 218 Å². The van der Waals surface area contributed by atoms with Crippen molar-refractivity contribution in [2.75, 3.05) is 123 Å². The van der Waals surface area contributed by atoms with E-state index in [-0.39, 0.29) is 29.0 Å². The second kappa shape index (κ2) is 41.7. The summed E-state index contributed by atoms with van der Waals surface area (Å²) < 4.78 is 43.8. The molecule has 0 bridgehead atoms. The van der Waals surface area contributed by atoms with Crippen LogP contribution in [-0.2, 0) is 90.5 Å². The molecule has 4 aliphatic carbocycles. The fraction of sp³-hybridized carbons (Fsp3) is 0.348. The maximum Gasteiger partial charge on any atom is 0.165 e. The van der Waals surface area contributed by atoms with E-state index in [1.54, 1.807) is 43.4 Å². The van der Waals surface area contributed by atoms with Crippen molar-refractivity contribution in [3.8, 4) is 45.0 Å². The van der Waals surface area contributed by atoms with Gasteiger partial charge in [-0.1, -0.05) is 36.4 Å². The van der Waals surface area contributed by atoms with Gasteiger partial charge in [0.25, 0.3) is 0 Å². The van der Waals surface area contributed by atoms with Gasteiger partial charge in [-0.25, -0.2) is 44.3 Å². The first kappa shape index (κ1) is 96.6. The minimum absolute atomic E-state index is 0.0749. The van der Waals surface area contributed by atoms with E-state index in [2.05, 4.69) is 112 Å². The van der Waals surface area contributed by atoms with Crippen LogP contribution in [0.15, 0.2) is 184 Å². The highest BCUT2D eigenvalue weighted by Crippen LogP contribution is 2.47. The van der Waals surface area contributed by atoms with Crippen LogP contribution in [0.5, 0.6) is 0 Å². The molecule has 18 heterocycles. The molecule has 4 saturated heterocycles. The first-order chi connectivity index (χ1) is 70.5. The van der Waals surface area contributed by atoms with Crippen molar-refractivity contribution in [1.29, 1.82) is 0 Å². The molecule has 4 aliphatic heterocycles. The number of halogens is 1. The summed E-state index contributed by atoms with van der Waals surface area (Å²) in [5.74, 6) is 4.21. The summed E-state index contributed by atoms with van der Waals surface area (Å²) in [6, 6.07) is 35.2. The lowest BCUT2D eigenvalue weighted by Crippen LogP contribution is -2.35. The molecule has 2 atom stereocenters. The molecule has 0 radical (unpaired) electrons. The largest absolute Gasteiger partial charge is 0.385 e. The average Bonchev–Trinajstić information content (AvgIpc) is 1.59. The second-order valence-electron chi connectivity index (χ2n) is 39.5. The van der Waals surface area contributed by atoms with E-state index in [0.717, 1.165) is 248 Å². The molecule has 0 saturated carbocycles. The third-order valence-corrected chi connectivity index (χ3v) is 28.9. The van der Waals surface area contributed by atoms with E-state index in [0.29, 0.717) is 136 Å². The van der Waals surface area contributed by atoms with Gasteiger partial charge in [0.2, 0.25) is 0 Å². The highest BCUT2D eigenvalue weighted by molar-refractivity contribution is 6.11. The van der Waals surface area contributed by atoms with Crippen molar-refractivity contribution in [2.24, 2.45) is 14.1 Å². The molecule has 145 heavy (non-hydrogen) atoms. The van der Waals surface area contributed by atoms with Crippen LogP contribution in [0.1, 0.15) is 191 Å². The normalized spacial score (nSPS) is 16.9. The van der Waals surface area contributed by atoms with Crippen LogP contribution < -0.4 is 26.6 Å². The number of hydrogen-bond donors (Lipinski definition) is 6. The van der Waals surface area contributed by atoms with Gasteiger partial charge >= 0.3 is 0 Å². The third kappa shape index (κ3) is 19.7. The monoisotopic (exact) mass is 1950 g/mol. The number of Topliss-reactive ketones (excluding diaryl/α,β-unsaturated/α-hetero) is 4. The van der Waals surface area contributed by atoms with Gasteiger partial charge in [-0.3, -0.25) is 42.9 Å². The Morgan fingerprint density at radius 1 is 0.407 bits per heavy atom. The molecular formula is C112H118FN23O9. The molecule has 33 heteroatoms. The average molecular weight is 1950 g/mol. The highest BCUT2D eigenvalue weighted by atomic mass is 19.1. The third-order valence-electron chi connectivity index (χ3n) is 28.9. The Morgan fingerprint density at radius 3 is 1.33 bits per heavy atom. The molecule has 2 aromatic carbocycles.